The van der Waals surface area contributed by atoms with E-state index in [0.29, 0.717) is 28.4 Å². The maximum absolute atomic E-state index is 13.0. The summed E-state index contributed by atoms with van der Waals surface area (Å²) in [5.74, 6) is -0.182. The van der Waals surface area contributed by atoms with Crippen LogP contribution in [-0.4, -0.2) is 35.4 Å². The van der Waals surface area contributed by atoms with E-state index >= 15 is 0 Å². The summed E-state index contributed by atoms with van der Waals surface area (Å²) >= 11 is 1.02. The number of aryl methyl sites for hydroxylation is 1. The monoisotopic (exact) mass is 462 g/mol. The van der Waals surface area contributed by atoms with Gasteiger partial charge >= 0.3 is 6.18 Å². The number of alkyl halides is 3. The van der Waals surface area contributed by atoms with Crippen molar-refractivity contribution in [3.63, 3.8) is 0 Å². The van der Waals surface area contributed by atoms with Crippen LogP contribution in [0, 0.1) is 6.92 Å². The fourth-order valence-electron chi connectivity index (χ4n) is 4.03. The SMILES string of the molecule is Cc1c(C(=O)N(C)CCCC2CC(c3ccccc3)NN2)sc2nc(C(F)(F)F)ccc12. The van der Waals surface area contributed by atoms with Gasteiger partial charge in [0, 0.05) is 31.1 Å². The highest BCUT2D eigenvalue weighted by Crippen LogP contribution is 2.34. The highest BCUT2D eigenvalue weighted by molar-refractivity contribution is 7.20. The number of hydrazine groups is 1. The first kappa shape index (κ1) is 22.7. The van der Waals surface area contributed by atoms with Crippen molar-refractivity contribution in [3.05, 3.63) is 64.2 Å². The zero-order valence-electron chi connectivity index (χ0n) is 17.9. The molecule has 0 bridgehead atoms. The van der Waals surface area contributed by atoms with Crippen LogP contribution in [0.4, 0.5) is 13.2 Å². The molecule has 2 atom stereocenters. The molecular formula is C23H25F3N4OS. The molecule has 0 saturated carbocycles. The summed E-state index contributed by atoms with van der Waals surface area (Å²) in [6.07, 6.45) is -1.79. The van der Waals surface area contributed by atoms with Gasteiger partial charge < -0.3 is 4.90 Å². The largest absolute Gasteiger partial charge is 0.433 e. The fourth-order valence-corrected chi connectivity index (χ4v) is 5.20. The molecule has 2 unspecified atom stereocenters. The van der Waals surface area contributed by atoms with Gasteiger partial charge in [0.2, 0.25) is 0 Å². The van der Waals surface area contributed by atoms with E-state index in [1.54, 1.807) is 18.9 Å². The van der Waals surface area contributed by atoms with Crippen LogP contribution >= 0.6 is 11.3 Å². The van der Waals surface area contributed by atoms with Crippen LogP contribution in [0.15, 0.2) is 42.5 Å². The van der Waals surface area contributed by atoms with Crippen LogP contribution < -0.4 is 10.9 Å². The molecule has 9 heteroatoms. The van der Waals surface area contributed by atoms with Crippen molar-refractivity contribution in [3.8, 4) is 0 Å². The Morgan fingerprint density at radius 1 is 1.19 bits per heavy atom. The number of nitrogens with one attached hydrogen (secondary N) is 2. The lowest BCUT2D eigenvalue weighted by molar-refractivity contribution is -0.140. The minimum absolute atomic E-state index is 0.182. The molecule has 5 nitrogen and oxygen atoms in total. The molecule has 1 aliphatic rings. The molecule has 1 fully saturated rings. The van der Waals surface area contributed by atoms with Crippen LogP contribution in [0.1, 0.15) is 51.8 Å². The highest BCUT2D eigenvalue weighted by atomic mass is 32.1. The summed E-state index contributed by atoms with van der Waals surface area (Å²) in [6, 6.07) is 13.2. The molecular weight excluding hydrogens is 437 g/mol. The zero-order valence-corrected chi connectivity index (χ0v) is 18.7. The first-order valence-corrected chi connectivity index (χ1v) is 11.3. The average molecular weight is 463 g/mol. The van der Waals surface area contributed by atoms with E-state index in [4.69, 9.17) is 0 Å². The van der Waals surface area contributed by atoms with Gasteiger partial charge in [-0.15, -0.1) is 11.3 Å². The maximum atomic E-state index is 13.0. The van der Waals surface area contributed by atoms with E-state index < -0.39 is 11.9 Å². The van der Waals surface area contributed by atoms with E-state index in [1.807, 2.05) is 18.2 Å². The number of nitrogens with zero attached hydrogens (tertiary/aromatic N) is 2. The first-order valence-electron chi connectivity index (χ1n) is 10.5. The Morgan fingerprint density at radius 2 is 1.94 bits per heavy atom. The van der Waals surface area contributed by atoms with Crippen molar-refractivity contribution in [1.29, 1.82) is 0 Å². The van der Waals surface area contributed by atoms with Gasteiger partial charge in [0.1, 0.15) is 10.5 Å². The topological polar surface area (TPSA) is 57.3 Å². The van der Waals surface area contributed by atoms with Crippen molar-refractivity contribution in [1.82, 2.24) is 20.7 Å². The molecule has 0 spiro atoms. The van der Waals surface area contributed by atoms with Crippen molar-refractivity contribution < 1.29 is 18.0 Å². The van der Waals surface area contributed by atoms with Gasteiger partial charge in [0.15, 0.2) is 0 Å². The number of amides is 1. The second-order valence-corrected chi connectivity index (χ2v) is 9.16. The third-order valence-corrected chi connectivity index (χ3v) is 7.05. The molecule has 4 rings (SSSR count). The summed E-state index contributed by atoms with van der Waals surface area (Å²) < 4.78 is 38.9. The second kappa shape index (κ2) is 9.17. The van der Waals surface area contributed by atoms with Crippen LogP contribution in [-0.2, 0) is 6.18 Å². The lowest BCUT2D eigenvalue weighted by Crippen LogP contribution is -2.32. The number of carbonyl (C=O) groups excluding carboxylic acids is 1. The smallest absolute Gasteiger partial charge is 0.341 e. The van der Waals surface area contributed by atoms with Gasteiger partial charge in [-0.2, -0.15) is 13.2 Å². The summed E-state index contributed by atoms with van der Waals surface area (Å²) in [6.45, 7) is 2.33. The summed E-state index contributed by atoms with van der Waals surface area (Å²) in [7, 11) is 1.73. The Balaban J connectivity index is 1.34. The molecule has 32 heavy (non-hydrogen) atoms. The highest BCUT2D eigenvalue weighted by Gasteiger charge is 2.33. The van der Waals surface area contributed by atoms with Gasteiger partial charge in [-0.1, -0.05) is 30.3 Å². The van der Waals surface area contributed by atoms with E-state index in [9.17, 15) is 18.0 Å². The Bertz CT molecular complexity index is 1100. The number of hydrogen-bond donors (Lipinski definition) is 2. The number of thiophene rings is 1. The number of fused-ring (bicyclic) bond motifs is 1. The van der Waals surface area contributed by atoms with Gasteiger partial charge in [-0.25, -0.2) is 4.98 Å². The number of hydrogen-bond acceptors (Lipinski definition) is 5. The summed E-state index contributed by atoms with van der Waals surface area (Å²) in [4.78, 5) is 19.0. The molecule has 3 heterocycles. The molecule has 1 aromatic carbocycles. The van der Waals surface area contributed by atoms with Gasteiger partial charge in [-0.3, -0.25) is 15.6 Å². The maximum Gasteiger partial charge on any atom is 0.433 e. The fraction of sp³-hybridized carbons (Fsp3) is 0.391. The molecule has 3 aromatic rings. The van der Waals surface area contributed by atoms with Crippen molar-refractivity contribution in [2.45, 2.75) is 44.4 Å². The van der Waals surface area contributed by atoms with Crippen molar-refractivity contribution in [2.24, 2.45) is 0 Å². The molecule has 0 aliphatic carbocycles. The van der Waals surface area contributed by atoms with E-state index in [2.05, 4.69) is 28.0 Å². The minimum atomic E-state index is -4.50. The van der Waals surface area contributed by atoms with E-state index in [1.165, 1.54) is 11.6 Å². The Hall–Kier alpha value is -2.49. The second-order valence-electron chi connectivity index (χ2n) is 8.16. The third-order valence-electron chi connectivity index (χ3n) is 5.86. The molecule has 2 N–H and O–H groups in total. The summed E-state index contributed by atoms with van der Waals surface area (Å²) in [5.41, 5.74) is 7.65. The van der Waals surface area contributed by atoms with Gasteiger partial charge in [-0.05, 0) is 49.4 Å². The number of benzene rings is 1. The van der Waals surface area contributed by atoms with Crippen molar-refractivity contribution in [2.75, 3.05) is 13.6 Å². The third kappa shape index (κ3) is 4.79. The molecule has 2 aromatic heterocycles. The molecule has 1 aliphatic heterocycles. The quantitative estimate of drug-likeness (QED) is 0.536. The molecule has 1 amide bonds. The predicted octanol–water partition coefficient (Wildman–Crippen LogP) is 5.08. The van der Waals surface area contributed by atoms with E-state index in [0.717, 1.165) is 36.7 Å². The molecule has 170 valence electrons. The standard InChI is InChI=1S/C23H25F3N4OS/c1-14-17-10-11-19(23(24,25)26)27-21(17)32-20(14)22(31)30(2)12-6-9-16-13-18(29-28-16)15-7-4-3-5-8-15/h3-5,7-8,10-11,16,18,28-29H,6,9,12-13H2,1-2H3. The molecule has 0 radical (unpaired) electrons. The Labute approximate surface area is 188 Å². The van der Waals surface area contributed by atoms with Crippen molar-refractivity contribution >= 4 is 27.5 Å². The van der Waals surface area contributed by atoms with Crippen LogP contribution in [0.25, 0.3) is 10.2 Å². The Morgan fingerprint density at radius 3 is 2.66 bits per heavy atom. The number of carbonyl (C=O) groups is 1. The number of aromatic nitrogens is 1. The van der Waals surface area contributed by atoms with Crippen LogP contribution in [0.2, 0.25) is 0 Å². The van der Waals surface area contributed by atoms with Gasteiger partial charge in [0.05, 0.1) is 4.88 Å². The van der Waals surface area contributed by atoms with E-state index in [-0.39, 0.29) is 16.8 Å². The minimum Gasteiger partial charge on any atom is -0.341 e. The van der Waals surface area contributed by atoms with Crippen LogP contribution in [0.3, 0.4) is 0 Å². The lowest BCUT2D eigenvalue weighted by atomic mass is 10.00. The first-order chi connectivity index (χ1) is 15.2. The number of rotatable bonds is 6. The average Bonchev–Trinajstić information content (AvgIpc) is 3.37. The molecule has 1 saturated heterocycles. The zero-order chi connectivity index (χ0) is 22.9. The Kier molecular flexibility index (Phi) is 6.50. The predicted molar refractivity (Wildman–Crippen MR) is 119 cm³/mol. The van der Waals surface area contributed by atoms with Crippen LogP contribution in [0.5, 0.6) is 0 Å². The normalized spacial score (nSPS) is 18.9. The van der Waals surface area contributed by atoms with Gasteiger partial charge in [0.25, 0.3) is 5.91 Å². The number of halogens is 3. The summed E-state index contributed by atoms with van der Waals surface area (Å²) in [5, 5.41) is 0.591. The number of pyridine rings is 1. The lowest BCUT2D eigenvalue weighted by Gasteiger charge is -2.18.